The van der Waals surface area contributed by atoms with Crippen LogP contribution in [-0.2, 0) is 11.8 Å². The van der Waals surface area contributed by atoms with E-state index in [1.165, 1.54) is 10.8 Å². The van der Waals surface area contributed by atoms with Gasteiger partial charge in [0, 0.05) is 0 Å². The van der Waals surface area contributed by atoms with Crippen molar-refractivity contribution in [2.45, 2.75) is 0 Å². The Morgan fingerprint density at radius 3 is 1.93 bits per heavy atom. The molecule has 0 atom stereocenters. The average molecular weight is 252 g/mol. The fourth-order valence-electron chi connectivity index (χ4n) is 1.78. The summed E-state index contributed by atoms with van der Waals surface area (Å²) in [6.07, 6.45) is 0. The Morgan fingerprint density at radius 2 is 1.47 bits per heavy atom. The molecule has 1 aliphatic rings. The van der Waals surface area contributed by atoms with Crippen molar-refractivity contribution in [1.82, 2.24) is 0 Å². The molecule has 2 aromatic carbocycles. The molecule has 0 aliphatic carbocycles. The van der Waals surface area contributed by atoms with Gasteiger partial charge in [-0.15, -0.1) is 12.2 Å². The summed E-state index contributed by atoms with van der Waals surface area (Å²) in [6.45, 7) is 0. The SMILES string of the molecule is S=P1(S)Nc2cc3ccccc3cc2N1. The van der Waals surface area contributed by atoms with Gasteiger partial charge in [0.2, 0.25) is 0 Å². The number of rotatable bonds is 0. The predicted molar refractivity (Wildman–Crippen MR) is 74.5 cm³/mol. The van der Waals surface area contributed by atoms with Crippen molar-refractivity contribution < 1.29 is 0 Å². The second-order valence-corrected chi connectivity index (χ2v) is 9.40. The molecule has 0 fully saturated rings. The van der Waals surface area contributed by atoms with Crippen LogP contribution in [0.2, 0.25) is 0 Å². The minimum atomic E-state index is -1.89. The van der Waals surface area contributed by atoms with Crippen LogP contribution in [0.25, 0.3) is 10.8 Å². The fraction of sp³-hybridized carbons (Fsp3) is 0. The topological polar surface area (TPSA) is 24.1 Å². The summed E-state index contributed by atoms with van der Waals surface area (Å²) in [4.78, 5) is 0. The Kier molecular flexibility index (Phi) is 2.00. The summed E-state index contributed by atoms with van der Waals surface area (Å²) in [5, 5.41) is 8.93. The molecular weight excluding hydrogens is 243 g/mol. The summed E-state index contributed by atoms with van der Waals surface area (Å²) in [6, 6.07) is 12.5. The Balaban J connectivity index is 2.27. The first-order valence-electron chi connectivity index (χ1n) is 4.56. The fourth-order valence-corrected chi connectivity index (χ4v) is 4.10. The van der Waals surface area contributed by atoms with Crippen LogP contribution in [0.15, 0.2) is 36.4 Å². The molecular formula is C10H9N2PS2. The van der Waals surface area contributed by atoms with Crippen LogP contribution in [0.5, 0.6) is 0 Å². The van der Waals surface area contributed by atoms with Gasteiger partial charge in [0.25, 0.3) is 0 Å². The molecule has 0 spiro atoms. The second kappa shape index (κ2) is 3.14. The molecule has 2 N–H and O–H groups in total. The largest absolute Gasteiger partial charge is 0.333 e. The summed E-state index contributed by atoms with van der Waals surface area (Å²) in [5.41, 5.74) is 0.238. The molecule has 76 valence electrons. The molecule has 0 radical (unpaired) electrons. The van der Waals surface area contributed by atoms with Gasteiger partial charge in [0.1, 0.15) is 0 Å². The minimum absolute atomic E-state index is 1.06. The zero-order valence-electron chi connectivity index (χ0n) is 7.77. The van der Waals surface area contributed by atoms with E-state index < -0.39 is 5.54 Å². The maximum atomic E-state index is 5.31. The van der Waals surface area contributed by atoms with E-state index in [0.717, 1.165) is 11.4 Å². The minimum Gasteiger partial charge on any atom is -0.333 e. The van der Waals surface area contributed by atoms with E-state index in [2.05, 4.69) is 46.7 Å². The van der Waals surface area contributed by atoms with Crippen LogP contribution in [0.4, 0.5) is 11.4 Å². The molecule has 2 nitrogen and oxygen atoms in total. The van der Waals surface area contributed by atoms with Gasteiger partial charge in [0.15, 0.2) is 5.54 Å². The molecule has 2 aromatic rings. The number of thiol groups is 1. The van der Waals surface area contributed by atoms with Gasteiger partial charge >= 0.3 is 0 Å². The molecule has 0 amide bonds. The number of hydrogen-bond donors (Lipinski definition) is 3. The van der Waals surface area contributed by atoms with Crippen molar-refractivity contribution in [2.24, 2.45) is 0 Å². The van der Waals surface area contributed by atoms with E-state index in [-0.39, 0.29) is 0 Å². The van der Waals surface area contributed by atoms with Gasteiger partial charge in [-0.1, -0.05) is 24.3 Å². The van der Waals surface area contributed by atoms with Gasteiger partial charge in [-0.3, -0.25) is 0 Å². The predicted octanol–water partition coefficient (Wildman–Crippen LogP) is 3.83. The van der Waals surface area contributed by atoms with Gasteiger partial charge in [-0.2, -0.15) is 0 Å². The third-order valence-corrected chi connectivity index (χ3v) is 4.67. The first kappa shape index (κ1) is 9.52. The van der Waals surface area contributed by atoms with Gasteiger partial charge in [-0.05, 0) is 34.7 Å². The van der Waals surface area contributed by atoms with Crippen LogP contribution >= 0.6 is 17.8 Å². The van der Waals surface area contributed by atoms with E-state index >= 15 is 0 Å². The summed E-state index contributed by atoms with van der Waals surface area (Å²) in [7, 11) is 0. The average Bonchev–Trinajstić information content (AvgIpc) is 2.46. The van der Waals surface area contributed by atoms with Crippen LogP contribution in [0, 0.1) is 0 Å². The van der Waals surface area contributed by atoms with Crippen LogP contribution < -0.4 is 10.2 Å². The number of benzene rings is 2. The lowest BCUT2D eigenvalue weighted by Crippen LogP contribution is -1.86. The van der Waals surface area contributed by atoms with E-state index in [1.807, 2.05) is 12.1 Å². The zero-order valence-corrected chi connectivity index (χ0v) is 10.4. The van der Waals surface area contributed by atoms with Gasteiger partial charge < -0.3 is 10.2 Å². The lowest BCUT2D eigenvalue weighted by molar-refractivity contribution is 1.73. The number of anilines is 2. The van der Waals surface area contributed by atoms with E-state index in [4.69, 9.17) is 11.8 Å². The standard InChI is InChI=1S/C10H9N2PS2/c14-13(15)11-9-5-7-3-1-2-4-8(7)6-10(9)12-13/h1-6H,(H3,11,12,14,15). The van der Waals surface area contributed by atoms with Crippen molar-refractivity contribution in [3.8, 4) is 0 Å². The van der Waals surface area contributed by atoms with Gasteiger partial charge in [0.05, 0.1) is 11.4 Å². The lowest BCUT2D eigenvalue weighted by Gasteiger charge is -2.07. The quantitative estimate of drug-likeness (QED) is 0.490. The maximum absolute atomic E-state index is 5.31. The highest BCUT2D eigenvalue weighted by Gasteiger charge is 2.22. The molecule has 0 unspecified atom stereocenters. The molecule has 0 bridgehead atoms. The van der Waals surface area contributed by atoms with Crippen molar-refractivity contribution in [2.75, 3.05) is 10.2 Å². The Hall–Kier alpha value is -0.700. The third kappa shape index (κ3) is 1.63. The molecule has 0 aromatic heterocycles. The summed E-state index contributed by atoms with van der Waals surface area (Å²) in [5.74, 6) is 0. The molecule has 15 heavy (non-hydrogen) atoms. The first-order chi connectivity index (χ1) is 7.14. The Morgan fingerprint density at radius 1 is 1.00 bits per heavy atom. The molecule has 5 heteroatoms. The molecule has 0 saturated carbocycles. The van der Waals surface area contributed by atoms with Crippen LogP contribution in [0.3, 0.4) is 0 Å². The smallest absolute Gasteiger partial charge is 0.171 e. The van der Waals surface area contributed by atoms with Crippen molar-refractivity contribution in [3.05, 3.63) is 36.4 Å². The highest BCUT2D eigenvalue weighted by molar-refractivity contribution is 8.64. The van der Waals surface area contributed by atoms with Crippen molar-refractivity contribution in [1.29, 1.82) is 0 Å². The number of hydrogen-bond acceptors (Lipinski definition) is 1. The lowest BCUT2D eigenvalue weighted by atomic mass is 10.1. The van der Waals surface area contributed by atoms with E-state index in [0.29, 0.717) is 0 Å². The highest BCUT2D eigenvalue weighted by Crippen LogP contribution is 2.58. The maximum Gasteiger partial charge on any atom is 0.171 e. The normalized spacial score (nSPS) is 16.9. The zero-order chi connectivity index (χ0) is 10.5. The number of fused-ring (bicyclic) bond motifs is 2. The summed E-state index contributed by atoms with van der Waals surface area (Å²) < 4.78 is 0. The summed E-state index contributed by atoms with van der Waals surface area (Å²) >= 11 is 9.71. The molecule has 1 heterocycles. The molecule has 1 aliphatic heterocycles. The Labute approximate surface area is 98.3 Å². The van der Waals surface area contributed by atoms with Crippen LogP contribution in [0.1, 0.15) is 0 Å². The van der Waals surface area contributed by atoms with E-state index in [1.54, 1.807) is 0 Å². The first-order valence-corrected chi connectivity index (χ1v) is 8.52. The Bertz CT molecular complexity index is 548. The van der Waals surface area contributed by atoms with Crippen molar-refractivity contribution in [3.63, 3.8) is 0 Å². The molecule has 3 rings (SSSR count). The third-order valence-electron chi connectivity index (χ3n) is 2.43. The van der Waals surface area contributed by atoms with Crippen molar-refractivity contribution >= 4 is 51.7 Å². The molecule has 0 saturated heterocycles. The van der Waals surface area contributed by atoms with E-state index in [9.17, 15) is 0 Å². The van der Waals surface area contributed by atoms with Crippen LogP contribution in [-0.4, -0.2) is 0 Å². The van der Waals surface area contributed by atoms with Gasteiger partial charge in [-0.25, -0.2) is 0 Å². The monoisotopic (exact) mass is 252 g/mol. The second-order valence-electron chi connectivity index (χ2n) is 3.54. The highest BCUT2D eigenvalue weighted by atomic mass is 32.9. The number of nitrogens with one attached hydrogen (secondary N) is 2.